The molecule has 4 aliphatic carbocycles. The van der Waals surface area contributed by atoms with Crippen molar-refractivity contribution < 1.29 is 18.4 Å². The standard InChI is InChI=1S/C54H28F2N4O2S2/c1-53(2)43-33-15-13-25(17-35-39(27(21-57)22-58)29-9-5-7-11-31(29)49(35)61)19-37(33)63-51(43)41-45(53)47(55)42-46(48(41)56)54(3,4)44-34-16-14-26(20-38(34)64-52(42)44)18-36-40(28(23-59)24-60)30-10-6-8-12-32(30)50(36)62/h5-20H,1-4H3/b35-17-,36-18-. The van der Waals surface area contributed by atoms with Crippen molar-refractivity contribution in [2.24, 2.45) is 0 Å². The second-order valence-corrected chi connectivity index (χ2v) is 19.4. The van der Waals surface area contributed by atoms with Crippen molar-refractivity contribution in [1.29, 1.82) is 21.0 Å². The highest BCUT2D eigenvalue weighted by Crippen LogP contribution is 2.64. The van der Waals surface area contributed by atoms with Gasteiger partial charge < -0.3 is 0 Å². The van der Waals surface area contributed by atoms with Crippen LogP contribution in [0, 0.1) is 57.0 Å². The molecule has 0 aliphatic heterocycles. The molecule has 10 heteroatoms. The number of nitrogens with zero attached hydrogens (tertiary/aromatic N) is 4. The van der Waals surface area contributed by atoms with Crippen LogP contribution in [0.25, 0.3) is 64.4 Å². The summed E-state index contributed by atoms with van der Waals surface area (Å²) in [6.07, 6.45) is 3.38. The molecule has 0 radical (unpaired) electrons. The van der Waals surface area contributed by atoms with Gasteiger partial charge in [-0.2, -0.15) is 21.0 Å². The molecule has 4 aliphatic rings. The smallest absolute Gasteiger partial charge is 0.194 e. The molecular formula is C54H28F2N4O2S2. The quantitative estimate of drug-likeness (QED) is 0.126. The monoisotopic (exact) mass is 866 g/mol. The van der Waals surface area contributed by atoms with Crippen molar-refractivity contribution in [3.63, 3.8) is 0 Å². The Labute approximate surface area is 373 Å². The van der Waals surface area contributed by atoms with Gasteiger partial charge in [0, 0.05) is 85.7 Å². The SMILES string of the molecule is CC1(C)c2c(F)c3c(c(F)c2-c2sc4cc(/C=C5\C(=O)c6ccccc6C5=C(C#N)C#N)ccc4c21)C(C)(C)c1c-3sc2cc(/C=C3\C(=O)c4ccccc4C3=C(C#N)C#N)ccc12. The van der Waals surface area contributed by atoms with Crippen molar-refractivity contribution in [3.05, 3.63) is 174 Å². The number of nitriles is 4. The van der Waals surface area contributed by atoms with E-state index in [1.807, 2.05) is 88.4 Å². The van der Waals surface area contributed by atoms with Gasteiger partial charge in [-0.15, -0.1) is 22.7 Å². The van der Waals surface area contributed by atoms with Crippen molar-refractivity contribution in [1.82, 2.24) is 0 Å². The second-order valence-electron chi connectivity index (χ2n) is 17.3. The Morgan fingerprint density at radius 1 is 0.531 bits per heavy atom. The number of thiophene rings is 2. The van der Waals surface area contributed by atoms with Gasteiger partial charge in [0.2, 0.25) is 0 Å². The number of ketones is 2. The lowest BCUT2D eigenvalue weighted by Crippen LogP contribution is -2.21. The van der Waals surface area contributed by atoms with Crippen LogP contribution >= 0.6 is 22.7 Å². The number of rotatable bonds is 2. The molecule has 0 N–H and O–H groups in total. The van der Waals surface area contributed by atoms with Crippen LogP contribution in [0.1, 0.15) is 92.9 Å². The molecule has 0 saturated heterocycles. The molecule has 2 aromatic heterocycles. The summed E-state index contributed by atoms with van der Waals surface area (Å²) in [4.78, 5) is 28.6. The lowest BCUT2D eigenvalue weighted by molar-refractivity contribution is 0.103. The first-order valence-corrected chi connectivity index (χ1v) is 21.9. The summed E-state index contributed by atoms with van der Waals surface area (Å²) in [5, 5.41) is 40.9. The van der Waals surface area contributed by atoms with Crippen LogP contribution in [0.15, 0.2) is 107 Å². The predicted molar refractivity (Wildman–Crippen MR) is 246 cm³/mol. The third kappa shape index (κ3) is 4.93. The van der Waals surface area contributed by atoms with Crippen molar-refractivity contribution in [3.8, 4) is 45.2 Å². The molecule has 11 rings (SSSR count). The number of halogens is 2. The van der Waals surface area contributed by atoms with Gasteiger partial charge >= 0.3 is 0 Å². The number of hydrogen-bond acceptors (Lipinski definition) is 8. The van der Waals surface area contributed by atoms with E-state index in [9.17, 15) is 30.6 Å². The minimum Gasteiger partial charge on any atom is -0.289 e. The molecule has 0 fully saturated rings. The summed E-state index contributed by atoms with van der Waals surface area (Å²) in [5.41, 5.74) is 4.95. The van der Waals surface area contributed by atoms with E-state index in [2.05, 4.69) is 0 Å². The summed E-state index contributed by atoms with van der Waals surface area (Å²) < 4.78 is 37.1. The van der Waals surface area contributed by atoms with Gasteiger partial charge in [-0.25, -0.2) is 8.78 Å². The van der Waals surface area contributed by atoms with Gasteiger partial charge in [0.05, 0.1) is 0 Å². The minimum atomic E-state index is -0.929. The molecule has 2 heterocycles. The Morgan fingerprint density at radius 2 is 0.891 bits per heavy atom. The average molecular weight is 867 g/mol. The second kappa shape index (κ2) is 13.3. The Balaban J connectivity index is 1.03. The van der Waals surface area contributed by atoms with Crippen LogP contribution in [0.2, 0.25) is 0 Å². The number of fused-ring (bicyclic) bond motifs is 12. The molecular weight excluding hydrogens is 839 g/mol. The number of benzene rings is 5. The lowest BCUT2D eigenvalue weighted by atomic mass is 9.77. The molecule has 7 aromatic rings. The van der Waals surface area contributed by atoms with Crippen molar-refractivity contribution >= 4 is 77.7 Å². The first-order chi connectivity index (χ1) is 30.8. The molecule has 0 saturated carbocycles. The zero-order valence-electron chi connectivity index (χ0n) is 34.4. The van der Waals surface area contributed by atoms with E-state index in [0.717, 1.165) is 31.3 Å². The minimum absolute atomic E-state index is 0.152. The summed E-state index contributed by atoms with van der Waals surface area (Å²) in [6, 6.07) is 33.0. The maximum absolute atomic E-state index is 17.7. The highest BCUT2D eigenvalue weighted by molar-refractivity contribution is 7.23. The van der Waals surface area contributed by atoms with Crippen LogP contribution in [-0.4, -0.2) is 11.6 Å². The van der Waals surface area contributed by atoms with Gasteiger partial charge in [-0.3, -0.25) is 9.59 Å². The van der Waals surface area contributed by atoms with Crippen LogP contribution in [0.5, 0.6) is 0 Å². The van der Waals surface area contributed by atoms with Crippen molar-refractivity contribution in [2.75, 3.05) is 0 Å². The van der Waals surface area contributed by atoms with Gasteiger partial charge in [-0.1, -0.05) is 100 Å². The lowest BCUT2D eigenvalue weighted by Gasteiger charge is -2.26. The number of allylic oxidation sites excluding steroid dienone is 6. The maximum Gasteiger partial charge on any atom is 0.194 e. The fraction of sp³-hybridized carbons (Fsp3) is 0.111. The van der Waals surface area contributed by atoms with Gasteiger partial charge in [0.15, 0.2) is 11.6 Å². The van der Waals surface area contributed by atoms with E-state index < -0.39 is 22.5 Å². The number of hydrogen-bond donors (Lipinski definition) is 0. The average Bonchev–Trinajstić information content (AvgIpc) is 4.08. The van der Waals surface area contributed by atoms with E-state index in [4.69, 9.17) is 0 Å². The van der Waals surface area contributed by atoms with Gasteiger partial charge in [-0.05, 0) is 68.4 Å². The van der Waals surface area contributed by atoms with E-state index >= 15 is 8.78 Å². The van der Waals surface area contributed by atoms with E-state index in [0.29, 0.717) is 65.4 Å². The molecule has 5 aromatic carbocycles. The Hall–Kier alpha value is -7.86. The zero-order chi connectivity index (χ0) is 44.7. The van der Waals surface area contributed by atoms with Crippen molar-refractivity contribution in [2.45, 2.75) is 38.5 Å². The number of carbonyl (C=O) groups is 2. The van der Waals surface area contributed by atoms with Gasteiger partial charge in [0.1, 0.15) is 47.1 Å². The molecule has 6 nitrogen and oxygen atoms in total. The first-order valence-electron chi connectivity index (χ1n) is 20.3. The largest absolute Gasteiger partial charge is 0.289 e. The first kappa shape index (κ1) is 39.0. The normalized spacial score (nSPS) is 16.8. The number of carbonyl (C=O) groups excluding carboxylic acids is 2. The van der Waals surface area contributed by atoms with Crippen LogP contribution in [-0.2, 0) is 10.8 Å². The maximum atomic E-state index is 17.7. The Morgan fingerprint density at radius 3 is 1.25 bits per heavy atom. The summed E-state index contributed by atoms with van der Waals surface area (Å²) in [6.45, 7) is 7.69. The summed E-state index contributed by atoms with van der Waals surface area (Å²) in [5.74, 6) is -1.47. The highest BCUT2D eigenvalue weighted by atomic mass is 32.1. The Bertz CT molecular complexity index is 3510. The predicted octanol–water partition coefficient (Wildman–Crippen LogP) is 13.2. The zero-order valence-corrected chi connectivity index (χ0v) is 36.0. The molecule has 0 unspecified atom stereocenters. The topological polar surface area (TPSA) is 129 Å². The summed E-state index contributed by atoms with van der Waals surface area (Å²) >= 11 is 2.75. The van der Waals surface area contributed by atoms with Crippen LogP contribution in [0.4, 0.5) is 8.78 Å². The molecule has 0 amide bonds. The van der Waals surface area contributed by atoms with E-state index in [-0.39, 0.29) is 45.0 Å². The molecule has 0 spiro atoms. The Kier molecular flexibility index (Phi) is 8.12. The summed E-state index contributed by atoms with van der Waals surface area (Å²) in [7, 11) is 0. The number of Topliss-reactive ketones (excluding diaryl/α,β-unsaturated/α-hetero) is 2. The fourth-order valence-corrected chi connectivity index (χ4v) is 13.5. The fourth-order valence-electron chi connectivity index (χ4n) is 10.6. The van der Waals surface area contributed by atoms with E-state index in [1.54, 1.807) is 60.7 Å². The van der Waals surface area contributed by atoms with Crippen LogP contribution < -0.4 is 0 Å². The highest BCUT2D eigenvalue weighted by Gasteiger charge is 2.50. The van der Waals surface area contributed by atoms with Gasteiger partial charge in [0.25, 0.3) is 0 Å². The molecule has 0 bridgehead atoms. The molecule has 302 valence electrons. The third-order valence-corrected chi connectivity index (χ3v) is 15.6. The molecule has 64 heavy (non-hydrogen) atoms. The third-order valence-electron chi connectivity index (χ3n) is 13.2. The molecule has 0 atom stereocenters. The van der Waals surface area contributed by atoms with E-state index in [1.165, 1.54) is 22.7 Å². The van der Waals surface area contributed by atoms with Crippen LogP contribution in [0.3, 0.4) is 0 Å².